The number of nitrogens with zero attached hydrogens (tertiary/aromatic N) is 1. The van der Waals surface area contributed by atoms with E-state index in [1.807, 2.05) is 31.4 Å². The summed E-state index contributed by atoms with van der Waals surface area (Å²) in [6.07, 6.45) is 1.80. The summed E-state index contributed by atoms with van der Waals surface area (Å²) in [6, 6.07) is 7.48. The lowest BCUT2D eigenvalue weighted by molar-refractivity contribution is 0.0971. The lowest BCUT2D eigenvalue weighted by atomic mass is 9.93. The molecule has 0 atom stereocenters. The number of rotatable bonds is 3. The normalized spacial score (nSPS) is 13.3. The molecule has 0 unspecified atom stereocenters. The quantitative estimate of drug-likeness (QED) is 0.706. The molecule has 0 bridgehead atoms. The maximum absolute atomic E-state index is 12.6. The van der Waals surface area contributed by atoms with Gasteiger partial charge in [0, 0.05) is 28.6 Å². The Morgan fingerprint density at radius 1 is 1.14 bits per heavy atom. The fourth-order valence-electron chi connectivity index (χ4n) is 3.27. The van der Waals surface area contributed by atoms with E-state index < -0.39 is 11.5 Å². The van der Waals surface area contributed by atoms with Gasteiger partial charge in [-0.1, -0.05) is 12.1 Å². The number of hydrogen-bond donors (Lipinski definition) is 2. The van der Waals surface area contributed by atoms with Gasteiger partial charge in [0.2, 0.25) is 0 Å². The van der Waals surface area contributed by atoms with Crippen molar-refractivity contribution in [1.29, 1.82) is 0 Å². The van der Waals surface area contributed by atoms with E-state index in [0.717, 1.165) is 11.3 Å². The Morgan fingerprint density at radius 3 is 2.75 bits per heavy atom. The van der Waals surface area contributed by atoms with Gasteiger partial charge in [-0.15, -0.1) is 11.3 Å². The molecule has 1 aliphatic carbocycles. The molecule has 1 amide bonds. The Bertz CT molecular complexity index is 1160. The van der Waals surface area contributed by atoms with E-state index in [0.29, 0.717) is 35.7 Å². The van der Waals surface area contributed by atoms with Crippen molar-refractivity contribution < 1.29 is 9.59 Å². The average Bonchev–Trinajstić information content (AvgIpc) is 3.12. The maximum Gasteiger partial charge on any atom is 0.263 e. The van der Waals surface area contributed by atoms with Crippen molar-refractivity contribution in [2.45, 2.75) is 33.1 Å². The zero-order valence-electron chi connectivity index (χ0n) is 15.6. The number of nitrogens with one attached hydrogen (secondary N) is 2. The first-order chi connectivity index (χ1) is 13.4. The number of thiazole rings is 1. The number of aromatic amines is 1. The largest absolute Gasteiger partial charge is 0.325 e. The van der Waals surface area contributed by atoms with Crippen LogP contribution in [0, 0.1) is 13.8 Å². The second kappa shape index (κ2) is 7.16. The Morgan fingerprint density at radius 2 is 1.96 bits per heavy atom. The van der Waals surface area contributed by atoms with Crippen LogP contribution in [0.5, 0.6) is 0 Å². The van der Waals surface area contributed by atoms with E-state index >= 15 is 0 Å². The van der Waals surface area contributed by atoms with Gasteiger partial charge in [0.05, 0.1) is 5.69 Å². The second-order valence-corrected chi connectivity index (χ2v) is 7.83. The van der Waals surface area contributed by atoms with Crippen LogP contribution in [-0.4, -0.2) is 21.7 Å². The second-order valence-electron chi connectivity index (χ2n) is 6.97. The number of anilines is 1. The van der Waals surface area contributed by atoms with Crippen LogP contribution >= 0.6 is 11.3 Å². The summed E-state index contributed by atoms with van der Waals surface area (Å²) in [4.78, 5) is 44.1. The third-order valence-corrected chi connectivity index (χ3v) is 5.78. The maximum atomic E-state index is 12.6. The number of pyridine rings is 1. The number of aromatic nitrogens is 2. The van der Waals surface area contributed by atoms with E-state index in [2.05, 4.69) is 21.4 Å². The van der Waals surface area contributed by atoms with Crippen LogP contribution in [-0.2, 0) is 6.42 Å². The highest BCUT2D eigenvalue weighted by Gasteiger charge is 2.22. The van der Waals surface area contributed by atoms with E-state index in [-0.39, 0.29) is 11.3 Å². The van der Waals surface area contributed by atoms with Crippen molar-refractivity contribution in [3.05, 3.63) is 67.9 Å². The van der Waals surface area contributed by atoms with E-state index in [4.69, 9.17) is 0 Å². The van der Waals surface area contributed by atoms with Crippen molar-refractivity contribution in [1.82, 2.24) is 9.97 Å². The molecule has 28 heavy (non-hydrogen) atoms. The molecule has 0 saturated carbocycles. The third kappa shape index (κ3) is 3.41. The smallest absolute Gasteiger partial charge is 0.263 e. The summed E-state index contributed by atoms with van der Waals surface area (Å²) in [7, 11) is 0. The fraction of sp³-hybridized carbons (Fsp3) is 0.238. The van der Waals surface area contributed by atoms with Crippen molar-refractivity contribution in [3.63, 3.8) is 0 Å². The molecule has 1 aliphatic rings. The van der Waals surface area contributed by atoms with Crippen LogP contribution in [0.2, 0.25) is 0 Å². The molecular weight excluding hydrogens is 374 g/mol. The molecule has 0 fully saturated rings. The summed E-state index contributed by atoms with van der Waals surface area (Å²) < 4.78 is 0. The highest BCUT2D eigenvalue weighted by molar-refractivity contribution is 7.14. The summed E-state index contributed by atoms with van der Waals surface area (Å²) >= 11 is 1.29. The highest BCUT2D eigenvalue weighted by Crippen LogP contribution is 2.27. The lowest BCUT2D eigenvalue weighted by Crippen LogP contribution is -2.27. The van der Waals surface area contributed by atoms with Gasteiger partial charge in [-0.3, -0.25) is 19.7 Å². The fourth-order valence-corrected chi connectivity index (χ4v) is 3.99. The van der Waals surface area contributed by atoms with Crippen LogP contribution in [0.1, 0.15) is 50.4 Å². The van der Waals surface area contributed by atoms with Gasteiger partial charge in [0.25, 0.3) is 11.5 Å². The summed E-state index contributed by atoms with van der Waals surface area (Å²) in [6.45, 7) is 4.09. The van der Waals surface area contributed by atoms with Gasteiger partial charge >= 0.3 is 0 Å². The van der Waals surface area contributed by atoms with Crippen LogP contribution in [0.4, 0.5) is 5.13 Å². The molecule has 0 spiro atoms. The third-order valence-electron chi connectivity index (χ3n) is 5.03. The number of amides is 1. The summed E-state index contributed by atoms with van der Waals surface area (Å²) in [5, 5.41) is 4.94. The SMILES string of the molecule is Cc1ccc(-c2csc(NC(=O)c3cc4c([nH]c3=O)CCCC4=O)n2)cc1C. The molecule has 2 heterocycles. The van der Waals surface area contributed by atoms with Gasteiger partial charge < -0.3 is 4.98 Å². The predicted molar refractivity (Wildman–Crippen MR) is 109 cm³/mol. The van der Waals surface area contributed by atoms with Gasteiger partial charge in [0.1, 0.15) is 5.56 Å². The van der Waals surface area contributed by atoms with Gasteiger partial charge in [-0.2, -0.15) is 0 Å². The van der Waals surface area contributed by atoms with Crippen LogP contribution < -0.4 is 10.9 Å². The average molecular weight is 393 g/mol. The van der Waals surface area contributed by atoms with E-state index in [1.165, 1.54) is 28.5 Å². The first kappa shape index (κ1) is 18.3. The monoisotopic (exact) mass is 393 g/mol. The first-order valence-corrected chi connectivity index (χ1v) is 9.94. The lowest BCUT2D eigenvalue weighted by Gasteiger charge is -2.14. The van der Waals surface area contributed by atoms with Crippen LogP contribution in [0.3, 0.4) is 0 Å². The van der Waals surface area contributed by atoms with Gasteiger partial charge in [-0.05, 0) is 49.9 Å². The molecule has 2 N–H and O–H groups in total. The van der Waals surface area contributed by atoms with E-state index in [1.54, 1.807) is 0 Å². The Balaban J connectivity index is 1.59. The topological polar surface area (TPSA) is 91.9 Å². The Kier molecular flexibility index (Phi) is 4.68. The number of hydrogen-bond acceptors (Lipinski definition) is 5. The molecule has 0 radical (unpaired) electrons. The molecule has 3 aromatic rings. The summed E-state index contributed by atoms with van der Waals surface area (Å²) in [5.41, 5.74) is 4.59. The molecular formula is C21H19N3O3S. The molecule has 2 aromatic heterocycles. The Labute approximate surface area is 165 Å². The minimum absolute atomic E-state index is 0.0437. The number of fused-ring (bicyclic) bond motifs is 1. The van der Waals surface area contributed by atoms with Crippen LogP contribution in [0.15, 0.2) is 34.4 Å². The molecule has 0 saturated heterocycles. The number of carbonyl (C=O) groups excluding carboxylic acids is 2. The van der Waals surface area contributed by atoms with Gasteiger partial charge in [0.15, 0.2) is 10.9 Å². The molecule has 142 valence electrons. The molecule has 7 heteroatoms. The first-order valence-electron chi connectivity index (χ1n) is 9.06. The molecule has 6 nitrogen and oxygen atoms in total. The van der Waals surface area contributed by atoms with Crippen molar-refractivity contribution in [2.24, 2.45) is 0 Å². The minimum atomic E-state index is -0.566. The summed E-state index contributed by atoms with van der Waals surface area (Å²) in [5.74, 6) is -0.610. The van der Waals surface area contributed by atoms with Gasteiger partial charge in [-0.25, -0.2) is 4.98 Å². The van der Waals surface area contributed by atoms with Crippen molar-refractivity contribution in [3.8, 4) is 11.3 Å². The number of H-pyrrole nitrogens is 1. The van der Waals surface area contributed by atoms with Crippen LogP contribution in [0.25, 0.3) is 11.3 Å². The molecule has 4 rings (SSSR count). The zero-order chi connectivity index (χ0) is 19.8. The number of benzene rings is 1. The number of aryl methyl sites for hydroxylation is 3. The highest BCUT2D eigenvalue weighted by atomic mass is 32.1. The number of carbonyl (C=O) groups is 2. The number of Topliss-reactive ketones (excluding diaryl/α,β-unsaturated/α-hetero) is 1. The molecule has 0 aliphatic heterocycles. The minimum Gasteiger partial charge on any atom is -0.325 e. The molecule has 1 aromatic carbocycles. The van der Waals surface area contributed by atoms with Crippen molar-refractivity contribution in [2.75, 3.05) is 5.32 Å². The zero-order valence-corrected chi connectivity index (χ0v) is 16.4. The van der Waals surface area contributed by atoms with Crippen molar-refractivity contribution >= 4 is 28.2 Å². The predicted octanol–water partition coefficient (Wildman–Crippen LogP) is 3.89. The Hall–Kier alpha value is -3.06. The number of ketones is 1. The standard InChI is InChI=1S/C21H19N3O3S/c1-11-6-7-13(8-12(11)2)17-10-28-21(23-17)24-20(27)15-9-14-16(22-19(15)26)4-3-5-18(14)25/h6-10H,3-5H2,1-2H3,(H,22,26)(H,23,24,27). The van der Waals surface area contributed by atoms with E-state index in [9.17, 15) is 14.4 Å².